The molecule has 6 heteroatoms. The van der Waals surface area contributed by atoms with Crippen molar-refractivity contribution in [2.75, 3.05) is 6.61 Å². The summed E-state index contributed by atoms with van der Waals surface area (Å²) in [6.45, 7) is 2.25. The number of amides is 1. The second kappa shape index (κ2) is 7.22. The number of carbonyl (C=O) groups is 2. The summed E-state index contributed by atoms with van der Waals surface area (Å²) in [5.41, 5.74) is 0. The van der Waals surface area contributed by atoms with Gasteiger partial charge in [-0.2, -0.15) is 0 Å². The van der Waals surface area contributed by atoms with Gasteiger partial charge in [0.1, 0.15) is 4.88 Å². The topological polar surface area (TPSA) is 55.4 Å². The fourth-order valence-electron chi connectivity index (χ4n) is 2.44. The first-order valence-corrected chi connectivity index (χ1v) is 8.49. The van der Waals surface area contributed by atoms with Crippen LogP contribution in [0.15, 0.2) is 15.9 Å². The molecule has 1 heterocycles. The van der Waals surface area contributed by atoms with Crippen LogP contribution in [0.5, 0.6) is 0 Å². The molecule has 1 N–H and O–H groups in total. The first-order chi connectivity index (χ1) is 9.61. The minimum absolute atomic E-state index is 0.00317. The van der Waals surface area contributed by atoms with E-state index in [-0.39, 0.29) is 23.8 Å². The van der Waals surface area contributed by atoms with E-state index in [0.717, 1.165) is 30.2 Å². The van der Waals surface area contributed by atoms with Crippen molar-refractivity contribution in [2.24, 2.45) is 5.92 Å². The predicted octanol–water partition coefficient (Wildman–Crippen LogP) is 3.36. The van der Waals surface area contributed by atoms with Crippen molar-refractivity contribution in [1.82, 2.24) is 5.32 Å². The van der Waals surface area contributed by atoms with Crippen molar-refractivity contribution >= 4 is 39.1 Å². The molecular formula is C14H18BrNO3S. The van der Waals surface area contributed by atoms with E-state index >= 15 is 0 Å². The summed E-state index contributed by atoms with van der Waals surface area (Å²) < 4.78 is 5.88. The second-order valence-corrected chi connectivity index (χ2v) is 6.64. The predicted molar refractivity (Wildman–Crippen MR) is 81.9 cm³/mol. The van der Waals surface area contributed by atoms with Crippen LogP contribution in [0.25, 0.3) is 0 Å². The Morgan fingerprint density at radius 2 is 2.10 bits per heavy atom. The summed E-state index contributed by atoms with van der Waals surface area (Å²) in [5, 5.41) is 4.93. The number of esters is 1. The lowest BCUT2D eigenvalue weighted by Crippen LogP contribution is -2.38. The van der Waals surface area contributed by atoms with E-state index in [1.165, 1.54) is 11.3 Å². The second-order valence-electron chi connectivity index (χ2n) is 4.87. The molecule has 20 heavy (non-hydrogen) atoms. The van der Waals surface area contributed by atoms with E-state index in [9.17, 15) is 9.59 Å². The molecule has 0 saturated heterocycles. The van der Waals surface area contributed by atoms with Crippen LogP contribution in [0.4, 0.5) is 0 Å². The SMILES string of the molecule is CCOC(=O)C1CCC(NC(=O)c2sccc2Br)CC1. The summed E-state index contributed by atoms with van der Waals surface area (Å²) in [6.07, 6.45) is 3.24. The third-order valence-corrected chi connectivity index (χ3v) is 5.34. The third-order valence-electron chi connectivity index (χ3n) is 3.51. The molecule has 1 saturated carbocycles. The summed E-state index contributed by atoms with van der Waals surface area (Å²) in [4.78, 5) is 24.4. The summed E-state index contributed by atoms with van der Waals surface area (Å²) in [7, 11) is 0. The highest BCUT2D eigenvalue weighted by Gasteiger charge is 2.28. The number of hydrogen-bond donors (Lipinski definition) is 1. The standard InChI is InChI=1S/C14H18BrNO3S/c1-2-19-14(18)9-3-5-10(6-4-9)16-13(17)12-11(15)7-8-20-12/h7-10H,2-6H2,1H3,(H,16,17). The smallest absolute Gasteiger partial charge is 0.308 e. The van der Waals surface area contributed by atoms with Gasteiger partial charge < -0.3 is 10.1 Å². The van der Waals surface area contributed by atoms with Crippen LogP contribution >= 0.6 is 27.3 Å². The van der Waals surface area contributed by atoms with Crippen LogP contribution in [0, 0.1) is 5.92 Å². The summed E-state index contributed by atoms with van der Waals surface area (Å²) in [6, 6.07) is 2.03. The van der Waals surface area contributed by atoms with Crippen LogP contribution in [-0.2, 0) is 9.53 Å². The number of hydrogen-bond acceptors (Lipinski definition) is 4. The Morgan fingerprint density at radius 3 is 2.65 bits per heavy atom. The average Bonchev–Trinajstić information content (AvgIpc) is 2.86. The van der Waals surface area contributed by atoms with Gasteiger partial charge in [-0.1, -0.05) is 0 Å². The van der Waals surface area contributed by atoms with Crippen molar-refractivity contribution in [1.29, 1.82) is 0 Å². The first kappa shape index (κ1) is 15.5. The molecule has 0 atom stereocenters. The van der Waals surface area contributed by atoms with Gasteiger partial charge in [0, 0.05) is 10.5 Å². The highest BCUT2D eigenvalue weighted by atomic mass is 79.9. The zero-order valence-electron chi connectivity index (χ0n) is 11.4. The maximum atomic E-state index is 12.1. The van der Waals surface area contributed by atoms with E-state index in [4.69, 9.17) is 4.74 Å². The Labute approximate surface area is 131 Å². The Bertz CT molecular complexity index is 481. The number of rotatable bonds is 4. The monoisotopic (exact) mass is 359 g/mol. The number of nitrogens with one attached hydrogen (secondary N) is 1. The van der Waals surface area contributed by atoms with Crippen LogP contribution in [0.1, 0.15) is 42.3 Å². The van der Waals surface area contributed by atoms with Crippen LogP contribution in [0.3, 0.4) is 0 Å². The van der Waals surface area contributed by atoms with Crippen LogP contribution < -0.4 is 5.32 Å². The fraction of sp³-hybridized carbons (Fsp3) is 0.571. The molecule has 1 aliphatic carbocycles. The van der Waals surface area contributed by atoms with Crippen molar-refractivity contribution in [3.63, 3.8) is 0 Å². The van der Waals surface area contributed by atoms with Gasteiger partial charge in [-0.15, -0.1) is 11.3 Å². The molecule has 1 aromatic rings. The molecular weight excluding hydrogens is 342 g/mol. The van der Waals surface area contributed by atoms with Gasteiger partial charge in [-0.3, -0.25) is 9.59 Å². The summed E-state index contributed by atoms with van der Waals surface area (Å²) in [5.74, 6) is -0.138. The molecule has 1 aromatic heterocycles. The fourth-order valence-corrected chi connectivity index (χ4v) is 3.89. The number of halogens is 1. The van der Waals surface area contributed by atoms with Gasteiger partial charge in [0.25, 0.3) is 5.91 Å². The molecule has 1 aliphatic rings. The van der Waals surface area contributed by atoms with Crippen molar-refractivity contribution in [3.8, 4) is 0 Å². The largest absolute Gasteiger partial charge is 0.466 e. The van der Waals surface area contributed by atoms with Gasteiger partial charge >= 0.3 is 5.97 Å². The van der Waals surface area contributed by atoms with Gasteiger partial charge in [0.15, 0.2) is 0 Å². The van der Waals surface area contributed by atoms with E-state index in [1.54, 1.807) is 0 Å². The molecule has 1 amide bonds. The van der Waals surface area contributed by atoms with Gasteiger partial charge in [-0.05, 0) is 60.0 Å². The van der Waals surface area contributed by atoms with E-state index in [2.05, 4.69) is 21.2 Å². The molecule has 0 aliphatic heterocycles. The minimum atomic E-state index is -0.0988. The Balaban J connectivity index is 1.81. The molecule has 2 rings (SSSR count). The summed E-state index contributed by atoms with van der Waals surface area (Å²) >= 11 is 4.79. The van der Waals surface area contributed by atoms with Crippen LogP contribution in [-0.4, -0.2) is 24.5 Å². The Kier molecular flexibility index (Phi) is 5.60. The van der Waals surface area contributed by atoms with E-state index in [0.29, 0.717) is 11.5 Å². The minimum Gasteiger partial charge on any atom is -0.466 e. The molecule has 0 unspecified atom stereocenters. The molecule has 0 bridgehead atoms. The third kappa shape index (κ3) is 3.82. The molecule has 1 fully saturated rings. The zero-order chi connectivity index (χ0) is 14.5. The molecule has 0 aromatic carbocycles. The van der Waals surface area contributed by atoms with Gasteiger partial charge in [0.05, 0.1) is 12.5 Å². The Morgan fingerprint density at radius 1 is 1.40 bits per heavy atom. The van der Waals surface area contributed by atoms with Crippen molar-refractivity contribution in [3.05, 3.63) is 20.8 Å². The van der Waals surface area contributed by atoms with Crippen molar-refractivity contribution < 1.29 is 14.3 Å². The highest BCUT2D eigenvalue weighted by molar-refractivity contribution is 9.10. The lowest BCUT2D eigenvalue weighted by atomic mass is 9.86. The van der Waals surface area contributed by atoms with Crippen molar-refractivity contribution in [2.45, 2.75) is 38.6 Å². The van der Waals surface area contributed by atoms with E-state index < -0.39 is 0 Å². The van der Waals surface area contributed by atoms with Gasteiger partial charge in [-0.25, -0.2) is 0 Å². The lowest BCUT2D eigenvalue weighted by Gasteiger charge is -2.27. The van der Waals surface area contributed by atoms with E-state index in [1.807, 2.05) is 18.4 Å². The maximum absolute atomic E-state index is 12.1. The normalized spacial score (nSPS) is 22.3. The number of carbonyl (C=O) groups excluding carboxylic acids is 2. The van der Waals surface area contributed by atoms with Crippen LogP contribution in [0.2, 0.25) is 0 Å². The van der Waals surface area contributed by atoms with Gasteiger partial charge in [0.2, 0.25) is 0 Å². The zero-order valence-corrected chi connectivity index (χ0v) is 13.8. The number of ether oxygens (including phenoxy) is 1. The molecule has 4 nitrogen and oxygen atoms in total. The quantitative estimate of drug-likeness (QED) is 0.838. The molecule has 110 valence electrons. The first-order valence-electron chi connectivity index (χ1n) is 6.82. The average molecular weight is 360 g/mol. The Hall–Kier alpha value is -0.880. The highest BCUT2D eigenvalue weighted by Crippen LogP contribution is 2.27. The molecule has 0 spiro atoms. The lowest BCUT2D eigenvalue weighted by molar-refractivity contribution is -0.149. The number of thiophene rings is 1. The molecule has 0 radical (unpaired) electrons. The maximum Gasteiger partial charge on any atom is 0.308 e.